The topological polar surface area (TPSA) is 132 Å². The minimum atomic E-state index is -2.60. The van der Waals surface area contributed by atoms with Crippen LogP contribution in [0, 0.1) is 0 Å². The molecule has 0 saturated carbocycles. The number of nitrogens with zero attached hydrogens (tertiary/aromatic N) is 3. The van der Waals surface area contributed by atoms with Crippen molar-refractivity contribution in [1.29, 1.82) is 0 Å². The number of hydrogen-bond acceptors (Lipinski definition) is 7. The summed E-state index contributed by atoms with van der Waals surface area (Å²) in [6.07, 6.45) is -0.964. The molecule has 1 fully saturated rings. The van der Waals surface area contributed by atoms with Gasteiger partial charge in [0, 0.05) is 36.0 Å². The lowest BCUT2D eigenvalue weighted by Crippen LogP contribution is -2.30. The van der Waals surface area contributed by atoms with E-state index in [1.807, 2.05) is 0 Å². The quantitative estimate of drug-likeness (QED) is 0.515. The summed E-state index contributed by atoms with van der Waals surface area (Å²) < 4.78 is 30.8. The van der Waals surface area contributed by atoms with Gasteiger partial charge in [-0.05, 0) is 36.8 Å². The Morgan fingerprint density at radius 2 is 1.97 bits per heavy atom. The number of amides is 2. The number of nitrogens with one attached hydrogen (secondary N) is 2. The number of ether oxygens (including phenoxy) is 1. The molecule has 0 spiro atoms. The SMILES string of the molecule is NC(=O)c1cc(N[C@H]2CCNC2=O)nc(-c2ccc(Oc3ccc(C(F)F)cn3)cc2)n1. The van der Waals surface area contributed by atoms with Gasteiger partial charge in [-0.2, -0.15) is 0 Å². The zero-order valence-electron chi connectivity index (χ0n) is 16.6. The van der Waals surface area contributed by atoms with Crippen molar-refractivity contribution in [2.45, 2.75) is 18.9 Å². The Morgan fingerprint density at radius 3 is 2.56 bits per heavy atom. The molecule has 0 radical (unpaired) electrons. The van der Waals surface area contributed by atoms with Gasteiger partial charge in [0.2, 0.25) is 11.8 Å². The molecule has 0 unspecified atom stereocenters. The van der Waals surface area contributed by atoms with Crippen LogP contribution in [0.2, 0.25) is 0 Å². The minimum Gasteiger partial charge on any atom is -0.439 e. The number of halogens is 2. The molecule has 0 bridgehead atoms. The van der Waals surface area contributed by atoms with E-state index in [-0.39, 0.29) is 28.9 Å². The highest BCUT2D eigenvalue weighted by atomic mass is 19.3. The van der Waals surface area contributed by atoms with Crippen molar-refractivity contribution < 1.29 is 23.1 Å². The van der Waals surface area contributed by atoms with Gasteiger partial charge in [-0.25, -0.2) is 23.7 Å². The van der Waals surface area contributed by atoms with Gasteiger partial charge in [0.25, 0.3) is 12.3 Å². The molecular formula is C21H18F2N6O3. The van der Waals surface area contributed by atoms with Crippen LogP contribution in [-0.4, -0.2) is 39.4 Å². The number of nitrogens with two attached hydrogens (primary N) is 1. The van der Waals surface area contributed by atoms with Crippen molar-refractivity contribution in [3.05, 3.63) is 59.9 Å². The van der Waals surface area contributed by atoms with E-state index in [9.17, 15) is 18.4 Å². The maximum atomic E-state index is 12.6. The lowest BCUT2D eigenvalue weighted by Gasteiger charge is -2.13. The van der Waals surface area contributed by atoms with E-state index in [0.717, 1.165) is 6.20 Å². The second-order valence-electron chi connectivity index (χ2n) is 6.96. The number of carbonyl (C=O) groups is 2. The fourth-order valence-electron chi connectivity index (χ4n) is 3.06. The zero-order chi connectivity index (χ0) is 22.7. The van der Waals surface area contributed by atoms with Gasteiger partial charge in [-0.3, -0.25) is 9.59 Å². The number of rotatable bonds is 7. The van der Waals surface area contributed by atoms with Crippen molar-refractivity contribution >= 4 is 17.6 Å². The summed E-state index contributed by atoms with van der Waals surface area (Å²) in [5.74, 6) is 0.226. The molecular weight excluding hydrogens is 422 g/mol. The summed E-state index contributed by atoms with van der Waals surface area (Å²) in [5, 5.41) is 5.71. The molecule has 32 heavy (non-hydrogen) atoms. The van der Waals surface area contributed by atoms with E-state index >= 15 is 0 Å². The Bertz CT molecular complexity index is 1140. The third-order valence-corrected chi connectivity index (χ3v) is 4.70. The number of hydrogen-bond donors (Lipinski definition) is 3. The lowest BCUT2D eigenvalue weighted by atomic mass is 10.2. The van der Waals surface area contributed by atoms with Gasteiger partial charge < -0.3 is 21.1 Å². The molecule has 1 saturated heterocycles. The molecule has 11 heteroatoms. The normalized spacial score (nSPS) is 15.5. The average Bonchev–Trinajstić information content (AvgIpc) is 3.18. The number of alkyl halides is 2. The first-order valence-electron chi connectivity index (χ1n) is 9.64. The van der Waals surface area contributed by atoms with Gasteiger partial charge in [0.1, 0.15) is 23.3 Å². The van der Waals surface area contributed by atoms with Crippen LogP contribution in [0.25, 0.3) is 11.4 Å². The molecule has 2 amide bonds. The minimum absolute atomic E-state index is 0.000415. The van der Waals surface area contributed by atoms with Crippen LogP contribution < -0.4 is 21.1 Å². The second-order valence-corrected chi connectivity index (χ2v) is 6.96. The Hall–Kier alpha value is -4.15. The van der Waals surface area contributed by atoms with Gasteiger partial charge in [0.15, 0.2) is 5.82 Å². The summed E-state index contributed by atoms with van der Waals surface area (Å²) in [6, 6.07) is 10.1. The lowest BCUT2D eigenvalue weighted by molar-refractivity contribution is -0.119. The summed E-state index contributed by atoms with van der Waals surface area (Å²) >= 11 is 0. The average molecular weight is 440 g/mol. The highest BCUT2D eigenvalue weighted by Crippen LogP contribution is 2.26. The fraction of sp³-hybridized carbons (Fsp3) is 0.190. The van der Waals surface area contributed by atoms with Gasteiger partial charge in [0.05, 0.1) is 0 Å². The highest BCUT2D eigenvalue weighted by molar-refractivity contribution is 5.92. The maximum absolute atomic E-state index is 12.6. The molecule has 1 aliphatic rings. The monoisotopic (exact) mass is 440 g/mol. The van der Waals surface area contributed by atoms with Crippen LogP contribution in [0.4, 0.5) is 14.6 Å². The summed E-state index contributed by atoms with van der Waals surface area (Å²) in [6.45, 7) is 0.554. The Morgan fingerprint density at radius 1 is 1.19 bits per heavy atom. The van der Waals surface area contributed by atoms with Crippen LogP contribution in [0.3, 0.4) is 0 Å². The Labute approximate surface area is 181 Å². The van der Waals surface area contributed by atoms with Crippen molar-refractivity contribution in [2.24, 2.45) is 5.73 Å². The van der Waals surface area contributed by atoms with Gasteiger partial charge in [-0.15, -0.1) is 0 Å². The number of pyridine rings is 1. The Balaban J connectivity index is 1.54. The predicted molar refractivity (Wildman–Crippen MR) is 110 cm³/mol. The van der Waals surface area contributed by atoms with Crippen LogP contribution in [0.15, 0.2) is 48.7 Å². The molecule has 3 heterocycles. The molecule has 2 aromatic heterocycles. The zero-order valence-corrected chi connectivity index (χ0v) is 16.6. The smallest absolute Gasteiger partial charge is 0.267 e. The predicted octanol–water partition coefficient (Wildman–Crippen LogP) is 2.67. The van der Waals surface area contributed by atoms with Crippen LogP contribution in [0.1, 0.15) is 28.9 Å². The standard InChI is InChI=1S/C21H18F2N6O3/c22-18(23)12-3-6-17(26-10-12)32-13-4-1-11(2-5-13)20-28-15(19(24)30)9-16(29-20)27-14-7-8-25-21(14)31/h1-6,9-10,14,18H,7-8H2,(H2,24,30)(H,25,31)(H,27,28,29)/t14-/m0/s1. The summed E-state index contributed by atoms with van der Waals surface area (Å²) in [4.78, 5) is 36.0. The molecule has 1 aromatic carbocycles. The van der Waals surface area contributed by atoms with Crippen molar-refractivity contribution in [1.82, 2.24) is 20.3 Å². The summed E-state index contributed by atoms with van der Waals surface area (Å²) in [7, 11) is 0. The number of carbonyl (C=O) groups excluding carboxylic acids is 2. The largest absolute Gasteiger partial charge is 0.439 e. The first kappa shape index (κ1) is 21.1. The van der Waals surface area contributed by atoms with Crippen molar-refractivity contribution in [3.8, 4) is 23.0 Å². The second kappa shape index (κ2) is 8.92. The van der Waals surface area contributed by atoms with E-state index in [2.05, 4.69) is 25.6 Å². The molecule has 0 aliphatic carbocycles. The van der Waals surface area contributed by atoms with Crippen molar-refractivity contribution in [2.75, 3.05) is 11.9 Å². The van der Waals surface area contributed by atoms with Gasteiger partial charge >= 0.3 is 0 Å². The molecule has 3 aromatic rings. The number of aromatic nitrogens is 3. The molecule has 1 aliphatic heterocycles. The maximum Gasteiger partial charge on any atom is 0.267 e. The van der Waals surface area contributed by atoms with E-state index in [1.54, 1.807) is 24.3 Å². The van der Waals surface area contributed by atoms with E-state index < -0.39 is 18.4 Å². The number of benzene rings is 1. The van der Waals surface area contributed by atoms with Gasteiger partial charge in [-0.1, -0.05) is 0 Å². The molecule has 4 rings (SSSR count). The first-order valence-corrected chi connectivity index (χ1v) is 9.64. The number of anilines is 1. The highest BCUT2D eigenvalue weighted by Gasteiger charge is 2.24. The van der Waals surface area contributed by atoms with E-state index in [4.69, 9.17) is 10.5 Å². The van der Waals surface area contributed by atoms with Crippen molar-refractivity contribution in [3.63, 3.8) is 0 Å². The van der Waals surface area contributed by atoms with E-state index in [0.29, 0.717) is 30.1 Å². The molecule has 4 N–H and O–H groups in total. The third kappa shape index (κ3) is 4.77. The van der Waals surface area contributed by atoms with Crippen LogP contribution in [-0.2, 0) is 4.79 Å². The Kier molecular flexibility index (Phi) is 5.88. The third-order valence-electron chi connectivity index (χ3n) is 4.70. The van der Waals surface area contributed by atoms with E-state index in [1.165, 1.54) is 18.2 Å². The fourth-order valence-corrected chi connectivity index (χ4v) is 3.06. The molecule has 9 nitrogen and oxygen atoms in total. The number of primary amides is 1. The molecule has 1 atom stereocenters. The summed E-state index contributed by atoms with van der Waals surface area (Å²) in [5.41, 5.74) is 5.77. The van der Waals surface area contributed by atoms with Crippen LogP contribution in [0.5, 0.6) is 11.6 Å². The molecule has 164 valence electrons. The first-order chi connectivity index (χ1) is 15.4. The van der Waals surface area contributed by atoms with Crippen LogP contribution >= 0.6 is 0 Å².